The summed E-state index contributed by atoms with van der Waals surface area (Å²) in [6.07, 6.45) is 4.76. The number of amides is 5. The lowest BCUT2D eigenvalue weighted by atomic mass is 9.75. The number of piperidine rings is 1. The summed E-state index contributed by atoms with van der Waals surface area (Å²) in [7, 11) is 5.05. The maximum absolute atomic E-state index is 13.4. The minimum atomic E-state index is -0.665. The summed E-state index contributed by atoms with van der Waals surface area (Å²) in [6, 6.07) is -0.665. The first kappa shape index (κ1) is 34.3. The van der Waals surface area contributed by atoms with Crippen molar-refractivity contribution < 1.29 is 33.4 Å². The third kappa shape index (κ3) is 11.1. The Hall–Kier alpha value is -2.89. The fraction of sp³-hybridized carbons (Fsp3) is 0.828. The van der Waals surface area contributed by atoms with E-state index in [0.717, 1.165) is 32.1 Å². The van der Waals surface area contributed by atoms with Crippen molar-refractivity contribution in [2.75, 3.05) is 67.1 Å². The van der Waals surface area contributed by atoms with Crippen LogP contribution in [0, 0.1) is 5.41 Å². The van der Waals surface area contributed by atoms with Crippen molar-refractivity contribution in [2.24, 2.45) is 5.41 Å². The van der Waals surface area contributed by atoms with Crippen LogP contribution in [0.4, 0.5) is 4.79 Å². The molecule has 1 N–H and O–H groups in total. The molecule has 5 amide bonds. The smallest absolute Gasteiger partial charge is 0.410 e. The molecule has 1 atom stereocenters. The first-order valence-electron chi connectivity index (χ1n) is 14.7. The second-order valence-corrected chi connectivity index (χ2v) is 12.6. The number of nitrogens with zero attached hydrogens (tertiary/aromatic N) is 4. The van der Waals surface area contributed by atoms with E-state index in [1.807, 2.05) is 20.8 Å². The zero-order valence-electron chi connectivity index (χ0n) is 26.1. The highest BCUT2D eigenvalue weighted by Crippen LogP contribution is 2.37. The molecule has 2 aliphatic heterocycles. The molecule has 0 unspecified atom stereocenters. The molecule has 0 aromatic heterocycles. The van der Waals surface area contributed by atoms with Gasteiger partial charge in [-0.1, -0.05) is 6.42 Å². The summed E-state index contributed by atoms with van der Waals surface area (Å²) in [5.41, 5.74) is -0.683. The maximum atomic E-state index is 13.4. The largest absolute Gasteiger partial charge is 0.444 e. The Morgan fingerprint density at radius 3 is 2.34 bits per heavy atom. The second-order valence-electron chi connectivity index (χ2n) is 12.6. The summed E-state index contributed by atoms with van der Waals surface area (Å²) in [5, 5.41) is 2.49. The molecule has 0 saturated carbocycles. The number of nitrogens with one attached hydrogen (secondary N) is 1. The molecule has 2 aliphatic rings. The fourth-order valence-corrected chi connectivity index (χ4v) is 5.27. The first-order valence-corrected chi connectivity index (χ1v) is 14.7. The number of rotatable bonds is 6. The molecule has 2 rings (SSSR count). The molecule has 0 radical (unpaired) electrons. The van der Waals surface area contributed by atoms with E-state index in [1.165, 1.54) is 16.7 Å². The van der Waals surface area contributed by atoms with Crippen molar-refractivity contribution in [3.8, 4) is 0 Å². The number of carbonyl (C=O) groups is 5. The number of likely N-dealkylation sites (N-methyl/N-ethyl adjacent to an activating group) is 3. The average molecular weight is 582 g/mol. The van der Waals surface area contributed by atoms with Gasteiger partial charge in [-0.05, 0) is 64.7 Å². The minimum Gasteiger partial charge on any atom is -0.444 e. The normalized spacial score (nSPS) is 21.0. The fourth-order valence-electron chi connectivity index (χ4n) is 5.27. The van der Waals surface area contributed by atoms with Crippen LogP contribution in [-0.2, 0) is 28.7 Å². The first-order chi connectivity index (χ1) is 19.1. The van der Waals surface area contributed by atoms with E-state index in [1.54, 1.807) is 30.9 Å². The zero-order chi connectivity index (χ0) is 30.8. The van der Waals surface area contributed by atoms with E-state index >= 15 is 0 Å². The van der Waals surface area contributed by atoms with Crippen LogP contribution in [0.2, 0.25) is 0 Å². The molecule has 12 heteroatoms. The van der Waals surface area contributed by atoms with Gasteiger partial charge in [0.25, 0.3) is 0 Å². The van der Waals surface area contributed by atoms with Crippen LogP contribution < -0.4 is 5.32 Å². The Bertz CT molecular complexity index is 927. The van der Waals surface area contributed by atoms with Crippen molar-refractivity contribution >= 4 is 29.7 Å². The summed E-state index contributed by atoms with van der Waals surface area (Å²) < 4.78 is 11.5. The Morgan fingerprint density at radius 1 is 1.07 bits per heavy atom. The van der Waals surface area contributed by atoms with Gasteiger partial charge in [0.15, 0.2) is 0 Å². The molecular formula is C29H51N5O7. The monoisotopic (exact) mass is 581 g/mol. The Labute approximate surface area is 245 Å². The van der Waals surface area contributed by atoms with Gasteiger partial charge in [0.1, 0.15) is 18.2 Å². The van der Waals surface area contributed by atoms with Gasteiger partial charge >= 0.3 is 6.09 Å². The van der Waals surface area contributed by atoms with E-state index in [4.69, 9.17) is 9.47 Å². The van der Waals surface area contributed by atoms with Crippen molar-refractivity contribution in [1.29, 1.82) is 0 Å². The zero-order valence-corrected chi connectivity index (χ0v) is 26.1. The van der Waals surface area contributed by atoms with Gasteiger partial charge in [0.2, 0.25) is 23.6 Å². The molecule has 0 aliphatic carbocycles. The van der Waals surface area contributed by atoms with E-state index < -0.39 is 11.6 Å². The molecule has 2 saturated heterocycles. The highest BCUT2D eigenvalue weighted by Gasteiger charge is 2.38. The molecule has 0 aromatic rings. The molecule has 2 heterocycles. The third-order valence-corrected chi connectivity index (χ3v) is 7.97. The quantitative estimate of drug-likeness (QED) is 0.507. The predicted molar refractivity (Wildman–Crippen MR) is 154 cm³/mol. The molecule has 12 nitrogen and oxygen atoms in total. The maximum Gasteiger partial charge on any atom is 0.410 e. The average Bonchev–Trinajstić information content (AvgIpc) is 2.90. The number of ether oxygens (including phenoxy) is 2. The van der Waals surface area contributed by atoms with Crippen molar-refractivity contribution in [3.63, 3.8) is 0 Å². The molecular weight excluding hydrogens is 530 g/mol. The van der Waals surface area contributed by atoms with Gasteiger partial charge in [-0.3, -0.25) is 19.2 Å². The highest BCUT2D eigenvalue weighted by atomic mass is 16.6. The lowest BCUT2D eigenvalue weighted by Gasteiger charge is -2.42. The highest BCUT2D eigenvalue weighted by molar-refractivity contribution is 5.88. The van der Waals surface area contributed by atoms with E-state index in [-0.39, 0.29) is 48.3 Å². The van der Waals surface area contributed by atoms with E-state index in [2.05, 4.69) is 5.32 Å². The van der Waals surface area contributed by atoms with Gasteiger partial charge in [0, 0.05) is 54.2 Å². The number of hydrogen-bond acceptors (Lipinski definition) is 7. The lowest BCUT2D eigenvalue weighted by molar-refractivity contribution is -0.147. The summed E-state index contributed by atoms with van der Waals surface area (Å²) in [6.45, 7) is 9.27. The van der Waals surface area contributed by atoms with Crippen molar-refractivity contribution in [3.05, 3.63) is 0 Å². The summed E-state index contributed by atoms with van der Waals surface area (Å²) in [5.74, 6) is -0.897. The van der Waals surface area contributed by atoms with Gasteiger partial charge in [-0.15, -0.1) is 0 Å². The van der Waals surface area contributed by atoms with Crippen LogP contribution in [0.15, 0.2) is 0 Å². The van der Waals surface area contributed by atoms with Gasteiger partial charge < -0.3 is 34.4 Å². The molecule has 234 valence electrons. The second kappa shape index (κ2) is 15.4. The van der Waals surface area contributed by atoms with Crippen LogP contribution in [0.25, 0.3) is 0 Å². The van der Waals surface area contributed by atoms with E-state index in [9.17, 15) is 24.0 Å². The molecule has 2 fully saturated rings. The van der Waals surface area contributed by atoms with Crippen LogP contribution in [-0.4, -0.2) is 128 Å². The van der Waals surface area contributed by atoms with Gasteiger partial charge in [-0.2, -0.15) is 0 Å². The topological polar surface area (TPSA) is 129 Å². The standard InChI is InChI=1S/C29H51N5O7/c1-22(35)30-19-24(36)31(5)16-10-11-23-26(38)32(6)15-9-8-12-29(21-40-20-25(37)33(23)7)13-17-34(18-14-29)27(39)41-28(2,3)4/h23H,8-21H2,1-7H3,(H,30,35)/t23-/m0/s1. The number of likely N-dealkylation sites (tertiary alicyclic amines) is 1. The Kier molecular flexibility index (Phi) is 12.9. The number of hydrogen-bond donors (Lipinski definition) is 1. The minimum absolute atomic E-state index is 0.0762. The van der Waals surface area contributed by atoms with Crippen molar-refractivity contribution in [2.45, 2.75) is 84.3 Å². The summed E-state index contributed by atoms with van der Waals surface area (Å²) >= 11 is 0. The molecule has 0 aromatic carbocycles. The number of carbonyl (C=O) groups excluding carboxylic acids is 5. The molecule has 1 spiro atoms. The van der Waals surface area contributed by atoms with Gasteiger partial charge in [0.05, 0.1) is 13.2 Å². The molecule has 41 heavy (non-hydrogen) atoms. The molecule has 0 bridgehead atoms. The van der Waals surface area contributed by atoms with Crippen LogP contribution in [0.5, 0.6) is 0 Å². The Balaban J connectivity index is 2.00. The third-order valence-electron chi connectivity index (χ3n) is 7.97. The summed E-state index contributed by atoms with van der Waals surface area (Å²) in [4.78, 5) is 68.8. The van der Waals surface area contributed by atoms with Crippen LogP contribution >= 0.6 is 0 Å². The van der Waals surface area contributed by atoms with Crippen LogP contribution in [0.3, 0.4) is 0 Å². The van der Waals surface area contributed by atoms with E-state index in [0.29, 0.717) is 45.6 Å². The lowest BCUT2D eigenvalue weighted by Crippen LogP contribution is -2.50. The SMILES string of the molecule is CC(=O)NCC(=O)N(C)CCC[C@H]1C(=O)N(C)CCCCC2(CCN(C(=O)OC(C)(C)C)CC2)COCC(=O)N1C. The van der Waals surface area contributed by atoms with Gasteiger partial charge in [-0.25, -0.2) is 4.79 Å². The Morgan fingerprint density at radius 2 is 1.73 bits per heavy atom. The van der Waals surface area contributed by atoms with Crippen LogP contribution in [0.1, 0.15) is 72.6 Å². The predicted octanol–water partition coefficient (Wildman–Crippen LogP) is 1.86. The van der Waals surface area contributed by atoms with Crippen molar-refractivity contribution in [1.82, 2.24) is 24.9 Å².